The molecule has 0 unspecified atom stereocenters. The van der Waals surface area contributed by atoms with Crippen molar-refractivity contribution in [2.75, 3.05) is 26.9 Å². The zero-order valence-electron chi connectivity index (χ0n) is 18.7. The fraction of sp³-hybridized carbons (Fsp3) is 0.280. The average molecular weight is 467 g/mol. The fourth-order valence-electron chi connectivity index (χ4n) is 4.32. The van der Waals surface area contributed by atoms with Gasteiger partial charge in [-0.2, -0.15) is 0 Å². The number of amides is 1. The number of carbonyl (C=O) groups is 1. The molecule has 34 heavy (non-hydrogen) atoms. The SMILES string of the molecule is COc1cc(C=C2OC[C@H]3COC[C@@H](c4ccc(F)c(F)c4)N3C2=O)ccc1-n1cnc(C)c1. The fourth-order valence-corrected chi connectivity index (χ4v) is 4.32. The van der Waals surface area contributed by atoms with Gasteiger partial charge in [0.15, 0.2) is 17.4 Å². The van der Waals surface area contributed by atoms with E-state index in [2.05, 4.69) is 4.98 Å². The molecule has 2 atom stereocenters. The van der Waals surface area contributed by atoms with Gasteiger partial charge in [-0.25, -0.2) is 13.8 Å². The molecule has 2 aliphatic heterocycles. The van der Waals surface area contributed by atoms with Crippen LogP contribution in [0.4, 0.5) is 8.78 Å². The third kappa shape index (κ3) is 4.03. The van der Waals surface area contributed by atoms with Crippen LogP contribution in [0, 0.1) is 18.6 Å². The summed E-state index contributed by atoms with van der Waals surface area (Å²) in [6.07, 6.45) is 5.25. The highest BCUT2D eigenvalue weighted by Crippen LogP contribution is 2.34. The molecule has 7 nitrogen and oxygen atoms in total. The summed E-state index contributed by atoms with van der Waals surface area (Å²) in [7, 11) is 1.58. The lowest BCUT2D eigenvalue weighted by Crippen LogP contribution is -2.56. The lowest BCUT2D eigenvalue weighted by Gasteiger charge is -2.45. The minimum atomic E-state index is -0.962. The zero-order valence-corrected chi connectivity index (χ0v) is 18.7. The number of aryl methyl sites for hydroxylation is 1. The lowest BCUT2D eigenvalue weighted by atomic mass is 10.00. The molecule has 5 rings (SSSR count). The molecule has 2 fully saturated rings. The summed E-state index contributed by atoms with van der Waals surface area (Å²) in [5, 5.41) is 0. The van der Waals surface area contributed by atoms with Crippen LogP contribution in [0.1, 0.15) is 22.9 Å². The standard InChI is InChI=1S/C25H23F2N3O4/c1-15-10-29(14-28-15)21-6-3-16(7-23(21)32-2)8-24-25(31)30-18(12-34-24)11-33-13-22(30)17-4-5-19(26)20(27)9-17/h3-10,14,18,22H,11-13H2,1-2H3/t18-,22+/m1/s1. The van der Waals surface area contributed by atoms with E-state index in [9.17, 15) is 13.6 Å². The molecule has 0 radical (unpaired) electrons. The Kier molecular flexibility index (Phi) is 5.79. The van der Waals surface area contributed by atoms with E-state index in [4.69, 9.17) is 14.2 Å². The topological polar surface area (TPSA) is 65.8 Å². The van der Waals surface area contributed by atoms with E-state index in [1.165, 1.54) is 6.07 Å². The molecule has 0 bridgehead atoms. The molecule has 0 N–H and O–H groups in total. The number of hydrogen-bond donors (Lipinski definition) is 0. The van der Waals surface area contributed by atoms with Gasteiger partial charge in [0, 0.05) is 6.20 Å². The van der Waals surface area contributed by atoms with Gasteiger partial charge in [-0.15, -0.1) is 0 Å². The van der Waals surface area contributed by atoms with E-state index in [-0.39, 0.29) is 30.9 Å². The Balaban J connectivity index is 1.45. The monoisotopic (exact) mass is 467 g/mol. The summed E-state index contributed by atoms with van der Waals surface area (Å²) < 4.78 is 46.1. The number of nitrogens with zero attached hydrogens (tertiary/aromatic N) is 3. The Morgan fingerprint density at radius 3 is 2.71 bits per heavy atom. The summed E-state index contributed by atoms with van der Waals surface area (Å²) >= 11 is 0. The Bertz CT molecular complexity index is 1270. The van der Waals surface area contributed by atoms with E-state index in [1.807, 2.05) is 35.9 Å². The van der Waals surface area contributed by atoms with E-state index >= 15 is 0 Å². The minimum absolute atomic E-state index is 0.166. The molecule has 1 aromatic heterocycles. The number of rotatable bonds is 4. The zero-order chi connectivity index (χ0) is 23.8. The lowest BCUT2D eigenvalue weighted by molar-refractivity contribution is -0.157. The van der Waals surface area contributed by atoms with Crippen LogP contribution in [0.3, 0.4) is 0 Å². The second kappa shape index (κ2) is 8.90. The number of morpholine rings is 2. The van der Waals surface area contributed by atoms with Gasteiger partial charge in [-0.05, 0) is 48.4 Å². The van der Waals surface area contributed by atoms with Gasteiger partial charge in [0.2, 0.25) is 0 Å². The molecule has 1 amide bonds. The molecule has 2 aromatic carbocycles. The Labute approximate surface area is 195 Å². The van der Waals surface area contributed by atoms with E-state index in [0.29, 0.717) is 17.9 Å². The number of ether oxygens (including phenoxy) is 3. The maximum absolute atomic E-state index is 13.9. The predicted octanol–water partition coefficient (Wildman–Crippen LogP) is 3.81. The van der Waals surface area contributed by atoms with E-state index in [0.717, 1.165) is 29.1 Å². The molecule has 0 aliphatic carbocycles. The smallest absolute Gasteiger partial charge is 0.289 e. The van der Waals surface area contributed by atoms with Crippen LogP contribution in [0.15, 0.2) is 54.7 Å². The van der Waals surface area contributed by atoms with Crippen molar-refractivity contribution in [1.82, 2.24) is 14.5 Å². The van der Waals surface area contributed by atoms with Crippen molar-refractivity contribution in [3.8, 4) is 11.4 Å². The number of aromatic nitrogens is 2. The molecule has 0 spiro atoms. The quantitative estimate of drug-likeness (QED) is 0.546. The second-order valence-corrected chi connectivity index (χ2v) is 8.27. The highest BCUT2D eigenvalue weighted by Gasteiger charge is 2.41. The summed E-state index contributed by atoms with van der Waals surface area (Å²) in [5.74, 6) is -1.45. The molecule has 3 heterocycles. The number of fused-ring (bicyclic) bond motifs is 1. The van der Waals surface area contributed by atoms with Crippen LogP contribution in [0.5, 0.6) is 5.75 Å². The second-order valence-electron chi connectivity index (χ2n) is 8.27. The molecule has 2 saturated heterocycles. The largest absolute Gasteiger partial charge is 0.495 e. The number of hydrogen-bond acceptors (Lipinski definition) is 5. The summed E-state index contributed by atoms with van der Waals surface area (Å²) in [5.41, 5.74) is 2.88. The maximum atomic E-state index is 13.9. The number of methoxy groups -OCH3 is 1. The highest BCUT2D eigenvalue weighted by atomic mass is 19.2. The van der Waals surface area contributed by atoms with Gasteiger partial charge >= 0.3 is 0 Å². The van der Waals surface area contributed by atoms with E-state index in [1.54, 1.807) is 24.4 Å². The first-order valence-corrected chi connectivity index (χ1v) is 10.8. The van der Waals surface area contributed by atoms with Crippen LogP contribution >= 0.6 is 0 Å². The van der Waals surface area contributed by atoms with Crippen molar-refractivity contribution in [2.45, 2.75) is 19.0 Å². The third-order valence-corrected chi connectivity index (χ3v) is 6.01. The van der Waals surface area contributed by atoms with Crippen LogP contribution in [-0.4, -0.2) is 53.3 Å². The number of imidazole rings is 1. The first-order valence-electron chi connectivity index (χ1n) is 10.8. The molecular weight excluding hydrogens is 444 g/mol. The molecule has 3 aromatic rings. The summed E-state index contributed by atoms with van der Waals surface area (Å²) in [6, 6.07) is 8.32. The van der Waals surface area contributed by atoms with Crippen LogP contribution in [-0.2, 0) is 14.3 Å². The number of halogens is 2. The Morgan fingerprint density at radius 1 is 1.12 bits per heavy atom. The van der Waals surface area contributed by atoms with Gasteiger partial charge in [-0.3, -0.25) is 4.79 Å². The van der Waals surface area contributed by atoms with Gasteiger partial charge in [-0.1, -0.05) is 12.1 Å². The van der Waals surface area contributed by atoms with Gasteiger partial charge < -0.3 is 23.7 Å². The molecular formula is C25H23F2N3O4. The van der Waals surface area contributed by atoms with Crippen LogP contribution < -0.4 is 4.74 Å². The first kappa shape index (κ1) is 22.1. The minimum Gasteiger partial charge on any atom is -0.495 e. The maximum Gasteiger partial charge on any atom is 0.289 e. The molecule has 2 aliphatic rings. The molecule has 0 saturated carbocycles. The Hall–Kier alpha value is -3.72. The van der Waals surface area contributed by atoms with Crippen molar-refractivity contribution in [3.63, 3.8) is 0 Å². The first-order chi connectivity index (χ1) is 16.4. The van der Waals surface area contributed by atoms with Crippen molar-refractivity contribution in [3.05, 3.63) is 83.1 Å². The Morgan fingerprint density at radius 2 is 1.97 bits per heavy atom. The van der Waals surface area contributed by atoms with Crippen LogP contribution in [0.2, 0.25) is 0 Å². The summed E-state index contributed by atoms with van der Waals surface area (Å²) in [6.45, 7) is 2.64. The number of carbonyl (C=O) groups excluding carboxylic acids is 1. The molecule has 9 heteroatoms. The normalized spacial score (nSPS) is 21.4. The molecule has 176 valence electrons. The van der Waals surface area contributed by atoms with Crippen molar-refractivity contribution >= 4 is 12.0 Å². The van der Waals surface area contributed by atoms with Crippen molar-refractivity contribution < 1.29 is 27.8 Å². The predicted molar refractivity (Wildman–Crippen MR) is 119 cm³/mol. The third-order valence-electron chi connectivity index (χ3n) is 6.01. The average Bonchev–Trinajstić information content (AvgIpc) is 3.28. The van der Waals surface area contributed by atoms with Crippen molar-refractivity contribution in [1.29, 1.82) is 0 Å². The summed E-state index contributed by atoms with van der Waals surface area (Å²) in [4.78, 5) is 19.3. The van der Waals surface area contributed by atoms with Crippen LogP contribution in [0.25, 0.3) is 11.8 Å². The van der Waals surface area contributed by atoms with Crippen molar-refractivity contribution in [2.24, 2.45) is 0 Å². The van der Waals surface area contributed by atoms with E-state index < -0.39 is 17.7 Å². The van der Waals surface area contributed by atoms with Gasteiger partial charge in [0.25, 0.3) is 5.91 Å². The highest BCUT2D eigenvalue weighted by molar-refractivity contribution is 5.97. The van der Waals surface area contributed by atoms with Gasteiger partial charge in [0.05, 0.1) is 50.1 Å². The van der Waals surface area contributed by atoms with Gasteiger partial charge in [0.1, 0.15) is 12.4 Å². The number of benzene rings is 2.